The summed E-state index contributed by atoms with van der Waals surface area (Å²) in [7, 11) is 0. The summed E-state index contributed by atoms with van der Waals surface area (Å²) < 4.78 is 11.4. The fourth-order valence-corrected chi connectivity index (χ4v) is 1.86. The first-order chi connectivity index (χ1) is 9.10. The molecule has 3 heteroatoms. The Morgan fingerprint density at radius 3 is 2.53 bits per heavy atom. The Balaban J connectivity index is 2.30. The van der Waals surface area contributed by atoms with Crippen molar-refractivity contribution in [2.75, 3.05) is 12.3 Å². The predicted molar refractivity (Wildman–Crippen MR) is 78.0 cm³/mol. The van der Waals surface area contributed by atoms with Crippen LogP contribution in [0.3, 0.4) is 0 Å². The van der Waals surface area contributed by atoms with Gasteiger partial charge in [-0.25, -0.2) is 0 Å². The van der Waals surface area contributed by atoms with Crippen LogP contribution in [0.15, 0.2) is 36.4 Å². The molecule has 0 aliphatic heterocycles. The molecule has 0 heterocycles. The number of anilines is 1. The summed E-state index contributed by atoms with van der Waals surface area (Å²) in [6.45, 7) is 6.65. The average Bonchev–Trinajstić information content (AvgIpc) is 2.35. The summed E-state index contributed by atoms with van der Waals surface area (Å²) >= 11 is 0. The zero-order valence-corrected chi connectivity index (χ0v) is 11.6. The lowest BCUT2D eigenvalue weighted by Crippen LogP contribution is -1.95. The van der Waals surface area contributed by atoms with E-state index in [1.54, 1.807) is 12.1 Å². The molecule has 100 valence electrons. The number of hydrogen-bond donors (Lipinski definition) is 1. The van der Waals surface area contributed by atoms with E-state index in [-0.39, 0.29) is 0 Å². The Kier molecular flexibility index (Phi) is 3.95. The molecular weight excluding hydrogens is 238 g/mol. The Labute approximate surface area is 114 Å². The molecule has 2 N–H and O–H groups in total. The maximum Gasteiger partial charge on any atom is 0.133 e. The summed E-state index contributed by atoms with van der Waals surface area (Å²) in [5.41, 5.74) is 8.81. The number of aryl methyl sites for hydroxylation is 1. The lowest BCUT2D eigenvalue weighted by molar-refractivity contribution is 0.338. The van der Waals surface area contributed by atoms with E-state index < -0.39 is 0 Å². The van der Waals surface area contributed by atoms with Gasteiger partial charge in [-0.1, -0.05) is 12.1 Å². The van der Waals surface area contributed by atoms with Gasteiger partial charge in [-0.15, -0.1) is 0 Å². The third kappa shape index (κ3) is 3.19. The molecule has 3 nitrogen and oxygen atoms in total. The van der Waals surface area contributed by atoms with Crippen LogP contribution >= 0.6 is 0 Å². The average molecular weight is 257 g/mol. The molecule has 0 aliphatic carbocycles. The van der Waals surface area contributed by atoms with Gasteiger partial charge in [0.15, 0.2) is 0 Å². The highest BCUT2D eigenvalue weighted by Crippen LogP contribution is 2.31. The lowest BCUT2D eigenvalue weighted by atomic mass is 10.1. The molecule has 0 radical (unpaired) electrons. The Bertz CT molecular complexity index is 579. The molecule has 2 aromatic carbocycles. The van der Waals surface area contributed by atoms with Crippen molar-refractivity contribution in [3.63, 3.8) is 0 Å². The maximum atomic E-state index is 5.90. The molecule has 0 atom stereocenters. The third-order valence-corrected chi connectivity index (χ3v) is 3.00. The molecule has 0 amide bonds. The standard InChI is InChI=1S/C16H19NO2/c1-4-18-14-8-13(17)9-15(10-14)19-16-7-5-6-11(2)12(16)3/h5-10H,4,17H2,1-3H3. The van der Waals surface area contributed by atoms with Gasteiger partial charge in [-0.3, -0.25) is 0 Å². The van der Waals surface area contributed by atoms with Crippen LogP contribution in [0.1, 0.15) is 18.1 Å². The minimum Gasteiger partial charge on any atom is -0.494 e. The molecule has 0 saturated heterocycles. The summed E-state index contributed by atoms with van der Waals surface area (Å²) in [5.74, 6) is 2.26. The van der Waals surface area contributed by atoms with Gasteiger partial charge in [0, 0.05) is 23.9 Å². The van der Waals surface area contributed by atoms with Crippen molar-refractivity contribution >= 4 is 5.69 Å². The van der Waals surface area contributed by atoms with E-state index in [4.69, 9.17) is 15.2 Å². The smallest absolute Gasteiger partial charge is 0.133 e. The first-order valence-electron chi connectivity index (χ1n) is 6.37. The van der Waals surface area contributed by atoms with E-state index in [1.807, 2.05) is 32.0 Å². The van der Waals surface area contributed by atoms with E-state index in [0.29, 0.717) is 18.0 Å². The Hall–Kier alpha value is -2.16. The van der Waals surface area contributed by atoms with Crippen LogP contribution in [0.2, 0.25) is 0 Å². The molecule has 0 saturated carbocycles. The first kappa shape index (κ1) is 13.3. The molecule has 0 aromatic heterocycles. The van der Waals surface area contributed by atoms with Gasteiger partial charge in [-0.2, -0.15) is 0 Å². The number of hydrogen-bond acceptors (Lipinski definition) is 3. The molecule has 0 spiro atoms. The van der Waals surface area contributed by atoms with Crippen molar-refractivity contribution < 1.29 is 9.47 Å². The third-order valence-electron chi connectivity index (χ3n) is 3.00. The van der Waals surface area contributed by atoms with Crippen molar-refractivity contribution in [1.82, 2.24) is 0 Å². The fraction of sp³-hybridized carbons (Fsp3) is 0.250. The SMILES string of the molecule is CCOc1cc(N)cc(Oc2cccc(C)c2C)c1. The lowest BCUT2D eigenvalue weighted by Gasteiger charge is -2.12. The van der Waals surface area contributed by atoms with E-state index in [9.17, 15) is 0 Å². The highest BCUT2D eigenvalue weighted by molar-refractivity contribution is 5.52. The normalized spacial score (nSPS) is 10.3. The topological polar surface area (TPSA) is 44.5 Å². The van der Waals surface area contributed by atoms with Crippen molar-refractivity contribution in [2.24, 2.45) is 0 Å². The van der Waals surface area contributed by atoms with Gasteiger partial charge in [0.1, 0.15) is 17.2 Å². The minimum atomic E-state index is 0.604. The molecular formula is C16H19NO2. The van der Waals surface area contributed by atoms with Gasteiger partial charge in [0.25, 0.3) is 0 Å². The second-order valence-electron chi connectivity index (χ2n) is 4.47. The van der Waals surface area contributed by atoms with Crippen molar-refractivity contribution in [3.8, 4) is 17.2 Å². The van der Waals surface area contributed by atoms with Crippen LogP contribution in [-0.4, -0.2) is 6.61 Å². The number of nitrogen functional groups attached to an aromatic ring is 1. The van der Waals surface area contributed by atoms with E-state index in [2.05, 4.69) is 13.0 Å². The number of ether oxygens (including phenoxy) is 2. The van der Waals surface area contributed by atoms with Crippen molar-refractivity contribution in [3.05, 3.63) is 47.5 Å². The van der Waals surface area contributed by atoms with Gasteiger partial charge in [0.05, 0.1) is 6.61 Å². The van der Waals surface area contributed by atoms with Crippen LogP contribution in [0.5, 0.6) is 17.2 Å². The van der Waals surface area contributed by atoms with Crippen LogP contribution in [0.25, 0.3) is 0 Å². The predicted octanol–water partition coefficient (Wildman–Crippen LogP) is 4.08. The van der Waals surface area contributed by atoms with Gasteiger partial charge < -0.3 is 15.2 Å². The molecule has 0 bridgehead atoms. The van der Waals surface area contributed by atoms with Crippen LogP contribution < -0.4 is 15.2 Å². The number of rotatable bonds is 4. The first-order valence-corrected chi connectivity index (χ1v) is 6.37. The monoisotopic (exact) mass is 257 g/mol. The Morgan fingerprint density at radius 1 is 1.05 bits per heavy atom. The highest BCUT2D eigenvalue weighted by Gasteiger charge is 2.06. The molecule has 2 rings (SSSR count). The molecule has 0 unspecified atom stereocenters. The fourth-order valence-electron chi connectivity index (χ4n) is 1.86. The van der Waals surface area contributed by atoms with E-state index in [0.717, 1.165) is 17.1 Å². The quantitative estimate of drug-likeness (QED) is 0.839. The summed E-state index contributed by atoms with van der Waals surface area (Å²) in [4.78, 5) is 0. The number of nitrogens with two attached hydrogens (primary N) is 1. The molecule has 19 heavy (non-hydrogen) atoms. The largest absolute Gasteiger partial charge is 0.494 e. The Morgan fingerprint density at radius 2 is 1.79 bits per heavy atom. The summed E-state index contributed by atoms with van der Waals surface area (Å²) in [5, 5.41) is 0. The zero-order chi connectivity index (χ0) is 13.8. The summed E-state index contributed by atoms with van der Waals surface area (Å²) in [6, 6.07) is 11.4. The van der Waals surface area contributed by atoms with Crippen LogP contribution in [-0.2, 0) is 0 Å². The second kappa shape index (κ2) is 5.65. The molecule has 0 aliphatic rings. The van der Waals surface area contributed by atoms with Gasteiger partial charge >= 0.3 is 0 Å². The maximum absolute atomic E-state index is 5.90. The second-order valence-corrected chi connectivity index (χ2v) is 4.47. The molecule has 0 fully saturated rings. The van der Waals surface area contributed by atoms with Gasteiger partial charge in [0.2, 0.25) is 0 Å². The van der Waals surface area contributed by atoms with E-state index >= 15 is 0 Å². The highest BCUT2D eigenvalue weighted by atomic mass is 16.5. The van der Waals surface area contributed by atoms with Gasteiger partial charge in [-0.05, 0) is 38.0 Å². The van der Waals surface area contributed by atoms with Crippen LogP contribution in [0, 0.1) is 13.8 Å². The minimum absolute atomic E-state index is 0.604. The van der Waals surface area contributed by atoms with Crippen molar-refractivity contribution in [2.45, 2.75) is 20.8 Å². The summed E-state index contributed by atoms with van der Waals surface area (Å²) in [6.07, 6.45) is 0. The zero-order valence-electron chi connectivity index (χ0n) is 11.6. The van der Waals surface area contributed by atoms with Crippen LogP contribution in [0.4, 0.5) is 5.69 Å². The van der Waals surface area contributed by atoms with E-state index in [1.165, 1.54) is 5.56 Å². The molecule has 2 aromatic rings. The number of benzene rings is 2. The van der Waals surface area contributed by atoms with Crippen molar-refractivity contribution in [1.29, 1.82) is 0 Å².